The molecule has 0 aliphatic rings. The topological polar surface area (TPSA) is 73.9 Å². The van der Waals surface area contributed by atoms with Crippen molar-refractivity contribution in [2.45, 2.75) is 19.3 Å². The van der Waals surface area contributed by atoms with E-state index in [0.717, 1.165) is 11.1 Å². The molecule has 0 saturated carbocycles. The van der Waals surface area contributed by atoms with Gasteiger partial charge in [0.2, 0.25) is 0 Å². The van der Waals surface area contributed by atoms with Crippen LogP contribution < -0.4 is 14.4 Å². The molecule has 0 heterocycles. The van der Waals surface area contributed by atoms with E-state index in [1.54, 1.807) is 54.6 Å². The number of benzene rings is 4. The van der Waals surface area contributed by atoms with Gasteiger partial charge in [-0.25, -0.2) is 9.36 Å². The highest BCUT2D eigenvalue weighted by molar-refractivity contribution is 7.55. The maximum Gasteiger partial charge on any atom is 0.457 e. The van der Waals surface area contributed by atoms with E-state index in [1.807, 2.05) is 67.6 Å². The second-order valence-electron chi connectivity index (χ2n) is 7.87. The van der Waals surface area contributed by atoms with Crippen molar-refractivity contribution >= 4 is 13.7 Å². The average Bonchev–Trinajstić information content (AvgIpc) is 2.88. The zero-order valence-electron chi connectivity index (χ0n) is 19.2. The summed E-state index contributed by atoms with van der Waals surface area (Å²) in [6.45, 7) is 1.98. The molecule has 178 valence electrons. The number of carbonyl (C=O) groups is 1. The summed E-state index contributed by atoms with van der Waals surface area (Å²) < 4.78 is 31.9. The Labute approximate surface area is 205 Å². The van der Waals surface area contributed by atoms with Crippen LogP contribution in [0.25, 0.3) is 0 Å². The van der Waals surface area contributed by atoms with Gasteiger partial charge in [0.25, 0.3) is 0 Å². The standard InChI is InChI=1S/C28H26NO5P/c1-22-12-11-15-24(20-22)27(29-28(30)32-21-23-13-5-2-6-14-23)35(31,33-25-16-7-3-8-17-25)34-26-18-9-4-10-19-26/h2-20,27H,21H2,1H3,(H,29,30). The van der Waals surface area contributed by atoms with E-state index >= 15 is 0 Å². The molecule has 0 radical (unpaired) electrons. The summed E-state index contributed by atoms with van der Waals surface area (Å²) in [5, 5.41) is 2.74. The molecule has 1 atom stereocenters. The summed E-state index contributed by atoms with van der Waals surface area (Å²) in [7, 11) is -4.08. The maximum absolute atomic E-state index is 14.5. The summed E-state index contributed by atoms with van der Waals surface area (Å²) in [5.74, 6) is -0.432. The van der Waals surface area contributed by atoms with Gasteiger partial charge < -0.3 is 19.1 Å². The third-order valence-electron chi connectivity index (χ3n) is 5.09. The van der Waals surface area contributed by atoms with Crippen LogP contribution >= 0.6 is 7.60 Å². The number of ether oxygens (including phenoxy) is 1. The number of rotatable bonds is 9. The molecule has 4 aromatic rings. The first-order chi connectivity index (χ1) is 17.0. The van der Waals surface area contributed by atoms with Crippen LogP contribution in [-0.2, 0) is 15.9 Å². The minimum absolute atomic E-state index is 0.0661. The minimum Gasteiger partial charge on any atom is -0.445 e. The van der Waals surface area contributed by atoms with Crippen molar-refractivity contribution in [3.8, 4) is 11.5 Å². The zero-order chi connectivity index (χ0) is 24.5. The molecule has 0 spiro atoms. The fourth-order valence-electron chi connectivity index (χ4n) is 3.44. The van der Waals surface area contributed by atoms with Gasteiger partial charge in [0.1, 0.15) is 18.1 Å². The van der Waals surface area contributed by atoms with Crippen molar-refractivity contribution in [1.29, 1.82) is 0 Å². The predicted molar refractivity (Wildman–Crippen MR) is 135 cm³/mol. The monoisotopic (exact) mass is 487 g/mol. The van der Waals surface area contributed by atoms with E-state index in [9.17, 15) is 9.36 Å². The van der Waals surface area contributed by atoms with Gasteiger partial charge in [0, 0.05) is 0 Å². The fraction of sp³-hybridized carbons (Fsp3) is 0.107. The third kappa shape index (κ3) is 6.75. The first kappa shape index (κ1) is 24.1. The molecule has 7 heteroatoms. The molecular formula is C28H26NO5P. The molecular weight excluding hydrogens is 461 g/mol. The summed E-state index contributed by atoms with van der Waals surface area (Å²) in [6.07, 6.45) is -0.742. The van der Waals surface area contributed by atoms with E-state index in [2.05, 4.69) is 5.32 Å². The lowest BCUT2D eigenvalue weighted by molar-refractivity contribution is 0.137. The third-order valence-corrected chi connectivity index (χ3v) is 7.08. The Morgan fingerprint density at radius 1 is 0.771 bits per heavy atom. The van der Waals surface area contributed by atoms with Crippen LogP contribution in [0.1, 0.15) is 22.5 Å². The SMILES string of the molecule is Cc1cccc(C(NC(=O)OCc2ccccc2)P(=O)(Oc2ccccc2)Oc2ccccc2)c1. The molecule has 4 aromatic carbocycles. The lowest BCUT2D eigenvalue weighted by Gasteiger charge is -2.28. The van der Waals surface area contributed by atoms with Gasteiger partial charge in [0.15, 0.2) is 5.78 Å². The normalized spacial score (nSPS) is 11.8. The van der Waals surface area contributed by atoms with Gasteiger partial charge in [-0.2, -0.15) is 0 Å². The van der Waals surface area contributed by atoms with E-state index < -0.39 is 19.5 Å². The molecule has 0 aromatic heterocycles. The zero-order valence-corrected chi connectivity index (χ0v) is 20.1. The number of aryl methyl sites for hydroxylation is 1. The minimum atomic E-state index is -4.08. The Kier molecular flexibility index (Phi) is 7.86. The number of hydrogen-bond acceptors (Lipinski definition) is 5. The van der Waals surface area contributed by atoms with Crippen LogP contribution in [0.3, 0.4) is 0 Å². The summed E-state index contributed by atoms with van der Waals surface area (Å²) in [5.41, 5.74) is 2.33. The molecule has 35 heavy (non-hydrogen) atoms. The molecule has 4 rings (SSSR count). The highest BCUT2D eigenvalue weighted by Gasteiger charge is 2.42. The Hall–Kier alpha value is -4.02. The van der Waals surface area contributed by atoms with Gasteiger partial charge >= 0.3 is 13.7 Å². The van der Waals surface area contributed by atoms with Crippen LogP contribution in [0, 0.1) is 6.92 Å². The van der Waals surface area contributed by atoms with Crippen molar-refractivity contribution in [3.63, 3.8) is 0 Å². The molecule has 0 aliphatic carbocycles. The van der Waals surface area contributed by atoms with E-state index in [0.29, 0.717) is 17.1 Å². The molecule has 0 aliphatic heterocycles. The predicted octanol–water partition coefficient (Wildman–Crippen LogP) is 7.27. The van der Waals surface area contributed by atoms with Crippen LogP contribution in [0.4, 0.5) is 4.79 Å². The Balaban J connectivity index is 1.67. The molecule has 6 nitrogen and oxygen atoms in total. The van der Waals surface area contributed by atoms with Crippen molar-refractivity contribution in [3.05, 3.63) is 132 Å². The first-order valence-electron chi connectivity index (χ1n) is 11.1. The Morgan fingerprint density at radius 2 is 1.31 bits per heavy atom. The number of carbonyl (C=O) groups excluding carboxylic acids is 1. The molecule has 1 N–H and O–H groups in total. The van der Waals surface area contributed by atoms with Gasteiger partial charge in [-0.3, -0.25) is 0 Å². The number of hydrogen-bond donors (Lipinski definition) is 1. The number of amides is 1. The van der Waals surface area contributed by atoms with Gasteiger partial charge in [0.05, 0.1) is 0 Å². The summed E-state index contributed by atoms with van der Waals surface area (Å²) in [4.78, 5) is 12.9. The lowest BCUT2D eigenvalue weighted by atomic mass is 10.1. The smallest absolute Gasteiger partial charge is 0.445 e. The van der Waals surface area contributed by atoms with E-state index in [4.69, 9.17) is 13.8 Å². The maximum atomic E-state index is 14.5. The average molecular weight is 487 g/mol. The molecule has 1 unspecified atom stereocenters. The van der Waals surface area contributed by atoms with Crippen molar-refractivity contribution in [2.24, 2.45) is 0 Å². The Bertz CT molecular complexity index is 1240. The van der Waals surface area contributed by atoms with Crippen LogP contribution in [-0.4, -0.2) is 6.09 Å². The second-order valence-corrected chi connectivity index (χ2v) is 9.83. The summed E-state index contributed by atoms with van der Waals surface area (Å²) >= 11 is 0. The van der Waals surface area contributed by atoms with Gasteiger partial charge in [-0.1, -0.05) is 96.6 Å². The molecule has 0 saturated heterocycles. The van der Waals surface area contributed by atoms with Crippen molar-refractivity contribution in [2.75, 3.05) is 0 Å². The van der Waals surface area contributed by atoms with Crippen LogP contribution in [0.15, 0.2) is 115 Å². The molecule has 0 bridgehead atoms. The quantitative estimate of drug-likeness (QED) is 0.251. The second kappa shape index (κ2) is 11.4. The van der Waals surface area contributed by atoms with Crippen LogP contribution in [0.5, 0.6) is 11.5 Å². The highest BCUT2D eigenvalue weighted by Crippen LogP contribution is 2.59. The first-order valence-corrected chi connectivity index (χ1v) is 12.8. The Morgan fingerprint density at radius 3 is 1.86 bits per heavy atom. The highest BCUT2D eigenvalue weighted by atomic mass is 31.2. The number of alkyl carbamates (subject to hydrolysis) is 1. The fourth-order valence-corrected chi connectivity index (χ4v) is 5.31. The van der Waals surface area contributed by atoms with E-state index in [1.165, 1.54) is 0 Å². The molecule has 1 amide bonds. The molecule has 0 fully saturated rings. The van der Waals surface area contributed by atoms with E-state index in [-0.39, 0.29) is 6.61 Å². The van der Waals surface area contributed by atoms with Crippen LogP contribution in [0.2, 0.25) is 0 Å². The van der Waals surface area contributed by atoms with Gasteiger partial charge in [-0.15, -0.1) is 0 Å². The largest absolute Gasteiger partial charge is 0.457 e. The van der Waals surface area contributed by atoms with Crippen molar-refractivity contribution in [1.82, 2.24) is 5.32 Å². The lowest BCUT2D eigenvalue weighted by Crippen LogP contribution is -2.31. The number of nitrogens with one attached hydrogen (secondary N) is 1. The van der Waals surface area contributed by atoms with Gasteiger partial charge in [-0.05, 0) is 42.3 Å². The summed E-state index contributed by atoms with van der Waals surface area (Å²) in [6, 6.07) is 34.1. The van der Waals surface area contributed by atoms with Crippen molar-refractivity contribution < 1.29 is 23.1 Å². The number of para-hydroxylation sites is 2.